The first-order chi connectivity index (χ1) is 7.40. The van der Waals surface area contributed by atoms with Gasteiger partial charge in [-0.05, 0) is 17.4 Å². The predicted octanol–water partition coefficient (Wildman–Crippen LogP) is 3.15. The SMILES string of the molecule is CC(C)c1[nH]c(=O)c(C#N)c(C(C)C)c1Cl. The molecule has 0 bridgehead atoms. The molecule has 0 spiro atoms. The van der Waals surface area contributed by atoms with Gasteiger partial charge in [0.1, 0.15) is 11.6 Å². The van der Waals surface area contributed by atoms with Gasteiger partial charge in [0.05, 0.1) is 5.02 Å². The van der Waals surface area contributed by atoms with Crippen LogP contribution in [0, 0.1) is 11.3 Å². The molecule has 1 aromatic rings. The van der Waals surface area contributed by atoms with Crippen LogP contribution in [0.5, 0.6) is 0 Å². The largest absolute Gasteiger partial charge is 0.323 e. The third-order valence-electron chi connectivity index (χ3n) is 2.48. The summed E-state index contributed by atoms with van der Waals surface area (Å²) in [6.07, 6.45) is 0. The first-order valence-corrected chi connectivity index (χ1v) is 5.63. The lowest BCUT2D eigenvalue weighted by molar-refractivity contribution is 0.789. The second-order valence-corrected chi connectivity index (χ2v) is 4.77. The zero-order chi connectivity index (χ0) is 12.5. The third kappa shape index (κ3) is 2.12. The molecule has 0 amide bonds. The van der Waals surface area contributed by atoms with E-state index in [2.05, 4.69) is 4.98 Å². The maximum atomic E-state index is 11.7. The second kappa shape index (κ2) is 4.71. The van der Waals surface area contributed by atoms with E-state index in [1.807, 2.05) is 33.8 Å². The summed E-state index contributed by atoms with van der Waals surface area (Å²) in [5.74, 6) is 0.187. The summed E-state index contributed by atoms with van der Waals surface area (Å²) in [4.78, 5) is 14.4. The number of aromatic amines is 1. The standard InChI is InChI=1S/C12H15ClN2O/c1-6(2)9-8(5-14)12(16)15-11(7(3)4)10(9)13/h6-7H,1-4H3,(H,15,16). The van der Waals surface area contributed by atoms with Crippen LogP contribution in [-0.2, 0) is 0 Å². The lowest BCUT2D eigenvalue weighted by Crippen LogP contribution is -2.18. The molecule has 0 aliphatic carbocycles. The average Bonchev–Trinajstić information content (AvgIpc) is 2.19. The normalized spacial score (nSPS) is 10.9. The van der Waals surface area contributed by atoms with Gasteiger partial charge >= 0.3 is 0 Å². The van der Waals surface area contributed by atoms with Gasteiger partial charge in [-0.3, -0.25) is 4.79 Å². The van der Waals surface area contributed by atoms with E-state index in [0.717, 1.165) is 0 Å². The molecule has 0 saturated carbocycles. The van der Waals surface area contributed by atoms with E-state index in [1.54, 1.807) is 0 Å². The molecule has 4 heteroatoms. The highest BCUT2D eigenvalue weighted by molar-refractivity contribution is 6.32. The zero-order valence-electron chi connectivity index (χ0n) is 9.89. The van der Waals surface area contributed by atoms with Crippen molar-refractivity contribution < 1.29 is 0 Å². The summed E-state index contributed by atoms with van der Waals surface area (Å²) < 4.78 is 0. The fourth-order valence-electron chi connectivity index (χ4n) is 1.67. The highest BCUT2D eigenvalue weighted by Crippen LogP contribution is 2.30. The van der Waals surface area contributed by atoms with Crippen LogP contribution >= 0.6 is 11.6 Å². The molecule has 0 saturated heterocycles. The summed E-state index contributed by atoms with van der Waals surface area (Å²) in [6.45, 7) is 7.75. The van der Waals surface area contributed by atoms with E-state index in [0.29, 0.717) is 16.3 Å². The number of nitrogens with one attached hydrogen (secondary N) is 1. The monoisotopic (exact) mass is 238 g/mol. The number of hydrogen-bond acceptors (Lipinski definition) is 2. The Morgan fingerprint density at radius 2 is 1.81 bits per heavy atom. The van der Waals surface area contributed by atoms with Crippen LogP contribution in [0.25, 0.3) is 0 Å². The van der Waals surface area contributed by atoms with Crippen LogP contribution in [0.1, 0.15) is 56.4 Å². The maximum absolute atomic E-state index is 11.7. The number of aromatic nitrogens is 1. The van der Waals surface area contributed by atoms with E-state index >= 15 is 0 Å². The summed E-state index contributed by atoms with van der Waals surface area (Å²) in [5, 5.41) is 9.49. The number of H-pyrrole nitrogens is 1. The minimum atomic E-state index is -0.348. The van der Waals surface area contributed by atoms with Crippen LogP contribution < -0.4 is 5.56 Å². The molecule has 0 aromatic carbocycles. The Labute approximate surface area is 100 Å². The molecule has 0 atom stereocenters. The van der Waals surface area contributed by atoms with Gasteiger partial charge < -0.3 is 4.98 Å². The molecule has 1 heterocycles. The Morgan fingerprint density at radius 3 is 2.19 bits per heavy atom. The molecule has 3 nitrogen and oxygen atoms in total. The fourth-order valence-corrected chi connectivity index (χ4v) is 2.25. The van der Waals surface area contributed by atoms with E-state index in [-0.39, 0.29) is 23.0 Å². The molecule has 0 radical (unpaired) electrons. The van der Waals surface area contributed by atoms with Crippen LogP contribution in [0.3, 0.4) is 0 Å². The van der Waals surface area contributed by atoms with Gasteiger partial charge in [0.25, 0.3) is 5.56 Å². The number of pyridine rings is 1. The summed E-state index contributed by atoms with van der Waals surface area (Å²) >= 11 is 6.23. The van der Waals surface area contributed by atoms with Crippen molar-refractivity contribution >= 4 is 11.6 Å². The lowest BCUT2D eigenvalue weighted by atomic mass is 9.96. The highest BCUT2D eigenvalue weighted by Gasteiger charge is 2.19. The minimum absolute atomic E-state index is 0.0574. The molecule has 0 aliphatic heterocycles. The van der Waals surface area contributed by atoms with Crippen molar-refractivity contribution in [3.63, 3.8) is 0 Å². The van der Waals surface area contributed by atoms with Gasteiger partial charge in [-0.1, -0.05) is 39.3 Å². The second-order valence-electron chi connectivity index (χ2n) is 4.39. The van der Waals surface area contributed by atoms with Crippen LogP contribution in [-0.4, -0.2) is 4.98 Å². The summed E-state index contributed by atoms with van der Waals surface area (Å²) in [7, 11) is 0. The number of nitriles is 1. The Bertz CT molecular complexity index is 495. The van der Waals surface area contributed by atoms with Crippen LogP contribution in [0.15, 0.2) is 4.79 Å². The molecule has 1 rings (SSSR count). The van der Waals surface area contributed by atoms with E-state index in [4.69, 9.17) is 16.9 Å². The number of rotatable bonds is 2. The molecule has 1 N–H and O–H groups in total. The van der Waals surface area contributed by atoms with Crippen molar-refractivity contribution in [2.45, 2.75) is 39.5 Å². The van der Waals surface area contributed by atoms with Crippen molar-refractivity contribution in [1.29, 1.82) is 5.26 Å². The van der Waals surface area contributed by atoms with Gasteiger partial charge in [-0.15, -0.1) is 0 Å². The molecule has 1 aromatic heterocycles. The van der Waals surface area contributed by atoms with Crippen molar-refractivity contribution in [3.05, 3.63) is 32.2 Å². The Balaban J connectivity index is 3.68. The topological polar surface area (TPSA) is 56.6 Å². The van der Waals surface area contributed by atoms with E-state index < -0.39 is 0 Å². The Hall–Kier alpha value is -1.27. The summed E-state index contributed by atoms with van der Waals surface area (Å²) in [5.41, 5.74) is 1.13. The molecule has 0 unspecified atom stereocenters. The van der Waals surface area contributed by atoms with E-state index in [9.17, 15) is 4.79 Å². The molecule has 86 valence electrons. The van der Waals surface area contributed by atoms with Gasteiger partial charge in [0.15, 0.2) is 0 Å². The van der Waals surface area contributed by atoms with Gasteiger partial charge in [-0.2, -0.15) is 5.26 Å². The van der Waals surface area contributed by atoms with Crippen LogP contribution in [0.4, 0.5) is 0 Å². The number of hydrogen-bond donors (Lipinski definition) is 1. The van der Waals surface area contributed by atoms with Crippen molar-refractivity contribution in [2.24, 2.45) is 0 Å². The molecule has 0 aliphatic rings. The van der Waals surface area contributed by atoms with Gasteiger partial charge in [0.2, 0.25) is 0 Å². The minimum Gasteiger partial charge on any atom is -0.323 e. The number of nitrogens with zero attached hydrogens (tertiary/aromatic N) is 1. The fraction of sp³-hybridized carbons (Fsp3) is 0.500. The predicted molar refractivity (Wildman–Crippen MR) is 65.0 cm³/mol. The highest BCUT2D eigenvalue weighted by atomic mass is 35.5. The maximum Gasteiger partial charge on any atom is 0.266 e. The Kier molecular flexibility index (Phi) is 3.77. The van der Waals surface area contributed by atoms with Crippen molar-refractivity contribution in [1.82, 2.24) is 4.98 Å². The first kappa shape index (κ1) is 12.8. The Morgan fingerprint density at radius 1 is 1.25 bits per heavy atom. The van der Waals surface area contributed by atoms with Gasteiger partial charge in [0, 0.05) is 5.69 Å². The third-order valence-corrected chi connectivity index (χ3v) is 2.89. The quantitative estimate of drug-likeness (QED) is 0.861. The van der Waals surface area contributed by atoms with Crippen LogP contribution in [0.2, 0.25) is 5.02 Å². The zero-order valence-corrected chi connectivity index (χ0v) is 10.6. The first-order valence-electron chi connectivity index (χ1n) is 5.25. The molecule has 0 fully saturated rings. The van der Waals surface area contributed by atoms with Gasteiger partial charge in [-0.25, -0.2) is 0 Å². The van der Waals surface area contributed by atoms with Crippen molar-refractivity contribution in [3.8, 4) is 6.07 Å². The number of halogens is 1. The molecular formula is C12H15ClN2O. The lowest BCUT2D eigenvalue weighted by Gasteiger charge is -2.15. The molecular weight excluding hydrogens is 224 g/mol. The van der Waals surface area contributed by atoms with Crippen molar-refractivity contribution in [2.75, 3.05) is 0 Å². The summed E-state index contributed by atoms with van der Waals surface area (Å²) in [6, 6.07) is 1.92. The molecule has 16 heavy (non-hydrogen) atoms. The average molecular weight is 239 g/mol. The smallest absolute Gasteiger partial charge is 0.266 e. The van der Waals surface area contributed by atoms with E-state index in [1.165, 1.54) is 0 Å².